The number of benzene rings is 2. The maximum Gasteiger partial charge on any atom is 0.415 e. The van der Waals surface area contributed by atoms with Crippen molar-refractivity contribution in [3.63, 3.8) is 0 Å². The number of fused-ring (bicyclic) bond motifs is 1. The van der Waals surface area contributed by atoms with Gasteiger partial charge in [0, 0.05) is 35.2 Å². The molecule has 0 spiro atoms. The predicted molar refractivity (Wildman–Crippen MR) is 126 cm³/mol. The van der Waals surface area contributed by atoms with Crippen molar-refractivity contribution in [2.24, 2.45) is 0 Å². The standard InChI is InChI=1S/C26H22N4O3/c1-26(2)23(18-12-15-27-16-13-18)30(25(32)33-26)20-10-8-19(9-11-20)24(31)29-21-7-3-5-17-6-4-14-28-22(17)21/h3-16,23H,1-2H3,(H,29,31)/t23-/m0/s1. The molecule has 1 N–H and O–H groups in total. The Balaban J connectivity index is 1.42. The lowest BCUT2D eigenvalue weighted by Gasteiger charge is -2.29. The lowest BCUT2D eigenvalue weighted by Crippen LogP contribution is -2.33. The number of pyridine rings is 2. The second-order valence-electron chi connectivity index (χ2n) is 8.41. The third-order valence-electron chi connectivity index (χ3n) is 5.77. The summed E-state index contributed by atoms with van der Waals surface area (Å²) in [6.45, 7) is 3.77. The first kappa shape index (κ1) is 20.6. The number of nitrogens with one attached hydrogen (secondary N) is 1. The number of para-hydroxylation sites is 1. The molecule has 0 bridgehead atoms. The van der Waals surface area contributed by atoms with Crippen LogP contribution in [0.2, 0.25) is 0 Å². The third kappa shape index (κ3) is 3.78. The van der Waals surface area contributed by atoms with Crippen LogP contribution in [0.5, 0.6) is 0 Å². The van der Waals surface area contributed by atoms with E-state index in [9.17, 15) is 9.59 Å². The molecule has 1 aliphatic rings. The minimum atomic E-state index is -0.726. The summed E-state index contributed by atoms with van der Waals surface area (Å²) in [5.74, 6) is -0.255. The highest BCUT2D eigenvalue weighted by Gasteiger charge is 2.49. The largest absolute Gasteiger partial charge is 0.441 e. The van der Waals surface area contributed by atoms with Gasteiger partial charge in [0.1, 0.15) is 11.6 Å². The van der Waals surface area contributed by atoms with Gasteiger partial charge in [-0.2, -0.15) is 0 Å². The Morgan fingerprint density at radius 2 is 1.70 bits per heavy atom. The average Bonchev–Trinajstić information content (AvgIpc) is 3.08. The van der Waals surface area contributed by atoms with Crippen molar-refractivity contribution in [2.75, 3.05) is 10.2 Å². The van der Waals surface area contributed by atoms with Crippen molar-refractivity contribution in [3.05, 3.63) is 96.4 Å². The number of carbonyl (C=O) groups is 2. The predicted octanol–water partition coefficient (Wildman–Crippen LogP) is 5.36. The Hall–Kier alpha value is -4.26. The molecule has 7 heteroatoms. The number of nitrogens with zero attached hydrogens (tertiary/aromatic N) is 3. The van der Waals surface area contributed by atoms with Crippen molar-refractivity contribution in [3.8, 4) is 0 Å². The number of aromatic nitrogens is 2. The zero-order chi connectivity index (χ0) is 23.0. The molecule has 33 heavy (non-hydrogen) atoms. The highest BCUT2D eigenvalue weighted by Crippen LogP contribution is 2.43. The van der Waals surface area contributed by atoms with Crippen molar-refractivity contribution >= 4 is 34.3 Å². The van der Waals surface area contributed by atoms with Gasteiger partial charge in [0.15, 0.2) is 0 Å². The summed E-state index contributed by atoms with van der Waals surface area (Å²) in [5.41, 5.74) is 2.69. The summed E-state index contributed by atoms with van der Waals surface area (Å²) < 4.78 is 5.66. The molecule has 0 aliphatic carbocycles. The fourth-order valence-electron chi connectivity index (χ4n) is 4.27. The van der Waals surface area contributed by atoms with Gasteiger partial charge in [-0.1, -0.05) is 18.2 Å². The first-order valence-electron chi connectivity index (χ1n) is 10.6. The van der Waals surface area contributed by atoms with E-state index in [0.717, 1.165) is 16.5 Å². The van der Waals surface area contributed by atoms with Gasteiger partial charge in [0.2, 0.25) is 0 Å². The number of carbonyl (C=O) groups excluding carboxylic acids is 2. The zero-order valence-electron chi connectivity index (χ0n) is 18.2. The molecule has 1 saturated heterocycles. The number of amides is 2. The molecule has 7 nitrogen and oxygen atoms in total. The lowest BCUT2D eigenvalue weighted by atomic mass is 9.92. The van der Waals surface area contributed by atoms with Gasteiger partial charge in [-0.05, 0) is 67.9 Å². The molecule has 0 radical (unpaired) electrons. The monoisotopic (exact) mass is 438 g/mol. The molecular weight excluding hydrogens is 416 g/mol. The number of hydrogen-bond donors (Lipinski definition) is 1. The topological polar surface area (TPSA) is 84.4 Å². The number of hydrogen-bond acceptors (Lipinski definition) is 5. The van der Waals surface area contributed by atoms with E-state index >= 15 is 0 Å². The van der Waals surface area contributed by atoms with Gasteiger partial charge in [-0.25, -0.2) is 4.79 Å². The second kappa shape index (κ2) is 8.02. The number of rotatable bonds is 4. The maximum atomic E-state index is 12.9. The van der Waals surface area contributed by atoms with E-state index < -0.39 is 11.7 Å². The van der Waals surface area contributed by atoms with Gasteiger partial charge in [0.05, 0.1) is 11.2 Å². The van der Waals surface area contributed by atoms with Crippen LogP contribution < -0.4 is 10.2 Å². The minimum Gasteiger partial charge on any atom is -0.441 e. The minimum absolute atomic E-state index is 0.255. The lowest BCUT2D eigenvalue weighted by molar-refractivity contribution is 0.0685. The first-order chi connectivity index (χ1) is 15.9. The van der Waals surface area contributed by atoms with E-state index in [-0.39, 0.29) is 11.9 Å². The van der Waals surface area contributed by atoms with Crippen LogP contribution in [-0.2, 0) is 4.74 Å². The number of anilines is 2. The molecule has 164 valence electrons. The molecule has 2 amide bonds. The Morgan fingerprint density at radius 3 is 2.45 bits per heavy atom. The summed E-state index contributed by atoms with van der Waals surface area (Å²) in [5, 5.41) is 3.88. The quantitative estimate of drug-likeness (QED) is 0.464. The SMILES string of the molecule is CC1(C)OC(=O)N(c2ccc(C(=O)Nc3cccc4cccnc34)cc2)[C@H]1c1ccncc1. The summed E-state index contributed by atoms with van der Waals surface area (Å²) in [4.78, 5) is 35.7. The van der Waals surface area contributed by atoms with E-state index in [1.165, 1.54) is 0 Å². The van der Waals surface area contributed by atoms with Crippen molar-refractivity contribution in [1.29, 1.82) is 0 Å². The van der Waals surface area contributed by atoms with Crippen LogP contribution in [0.15, 0.2) is 85.3 Å². The molecule has 1 fully saturated rings. The highest BCUT2D eigenvalue weighted by atomic mass is 16.6. The maximum absolute atomic E-state index is 12.9. The van der Waals surface area contributed by atoms with Gasteiger partial charge in [-0.3, -0.25) is 19.7 Å². The molecule has 5 rings (SSSR count). The van der Waals surface area contributed by atoms with Crippen molar-refractivity contribution < 1.29 is 14.3 Å². The van der Waals surface area contributed by atoms with E-state index in [1.807, 2.05) is 56.3 Å². The summed E-state index contributed by atoms with van der Waals surface area (Å²) in [6, 6.07) is 19.8. The summed E-state index contributed by atoms with van der Waals surface area (Å²) in [6.07, 6.45) is 4.66. The molecule has 4 aromatic rings. The molecule has 2 aromatic heterocycles. The van der Waals surface area contributed by atoms with Crippen LogP contribution in [0.1, 0.15) is 35.8 Å². The molecule has 3 heterocycles. The number of cyclic esters (lactones) is 1. The summed E-state index contributed by atoms with van der Waals surface area (Å²) in [7, 11) is 0. The molecule has 0 unspecified atom stereocenters. The Kier molecular flexibility index (Phi) is 5.01. The Morgan fingerprint density at radius 1 is 0.970 bits per heavy atom. The van der Waals surface area contributed by atoms with Crippen LogP contribution in [-0.4, -0.2) is 27.6 Å². The fourth-order valence-corrected chi connectivity index (χ4v) is 4.27. The van der Waals surface area contributed by atoms with E-state index in [0.29, 0.717) is 16.9 Å². The van der Waals surface area contributed by atoms with Crippen LogP contribution in [0.4, 0.5) is 16.2 Å². The Bertz CT molecular complexity index is 1330. The molecule has 0 saturated carbocycles. The normalized spacial score (nSPS) is 17.1. The van der Waals surface area contributed by atoms with E-state index in [1.54, 1.807) is 47.8 Å². The van der Waals surface area contributed by atoms with Gasteiger partial charge in [0.25, 0.3) is 5.91 Å². The Labute approximate surface area is 191 Å². The smallest absolute Gasteiger partial charge is 0.415 e. The molecular formula is C26H22N4O3. The fraction of sp³-hybridized carbons (Fsp3) is 0.154. The second-order valence-corrected chi connectivity index (χ2v) is 8.41. The van der Waals surface area contributed by atoms with Gasteiger partial charge in [-0.15, -0.1) is 0 Å². The molecule has 2 aromatic carbocycles. The summed E-state index contributed by atoms with van der Waals surface area (Å²) >= 11 is 0. The average molecular weight is 438 g/mol. The van der Waals surface area contributed by atoms with Crippen LogP contribution in [0.3, 0.4) is 0 Å². The van der Waals surface area contributed by atoms with Crippen molar-refractivity contribution in [1.82, 2.24) is 9.97 Å². The zero-order valence-corrected chi connectivity index (χ0v) is 18.2. The number of ether oxygens (including phenoxy) is 1. The highest BCUT2D eigenvalue weighted by molar-refractivity contribution is 6.08. The van der Waals surface area contributed by atoms with Gasteiger partial charge >= 0.3 is 6.09 Å². The van der Waals surface area contributed by atoms with Crippen LogP contribution in [0.25, 0.3) is 10.9 Å². The van der Waals surface area contributed by atoms with Crippen molar-refractivity contribution in [2.45, 2.75) is 25.5 Å². The first-order valence-corrected chi connectivity index (χ1v) is 10.6. The molecule has 1 aliphatic heterocycles. The van der Waals surface area contributed by atoms with Crippen LogP contribution in [0, 0.1) is 0 Å². The third-order valence-corrected chi connectivity index (χ3v) is 5.77. The van der Waals surface area contributed by atoms with E-state index in [4.69, 9.17) is 4.74 Å². The van der Waals surface area contributed by atoms with Gasteiger partial charge < -0.3 is 10.1 Å². The van der Waals surface area contributed by atoms with E-state index in [2.05, 4.69) is 15.3 Å². The van der Waals surface area contributed by atoms with Crippen LogP contribution >= 0.6 is 0 Å². The molecule has 1 atom stereocenters.